The van der Waals surface area contributed by atoms with E-state index in [1.807, 2.05) is 32.9 Å². The number of allylic oxidation sites excluding steroid dienone is 1. The molecular weight excluding hydrogens is 614 g/mol. The first-order valence-electron chi connectivity index (χ1n) is 17.0. The van der Waals surface area contributed by atoms with Crippen LogP contribution >= 0.6 is 11.3 Å². The van der Waals surface area contributed by atoms with Gasteiger partial charge in [0.15, 0.2) is 10.9 Å². The van der Waals surface area contributed by atoms with Crippen LogP contribution in [-0.2, 0) is 32.0 Å². The summed E-state index contributed by atoms with van der Waals surface area (Å²) < 4.78 is 5.28. The molecule has 1 fully saturated rings. The van der Waals surface area contributed by atoms with Crippen LogP contribution in [0.25, 0.3) is 0 Å². The molecule has 1 aliphatic heterocycles. The van der Waals surface area contributed by atoms with Gasteiger partial charge in [-0.2, -0.15) is 0 Å². The van der Waals surface area contributed by atoms with E-state index >= 15 is 0 Å². The predicted octanol–water partition coefficient (Wildman–Crippen LogP) is 4.91. The van der Waals surface area contributed by atoms with Crippen LogP contribution in [0.15, 0.2) is 42.1 Å². The first kappa shape index (κ1) is 36.1. The molecule has 1 saturated heterocycles. The van der Waals surface area contributed by atoms with Crippen LogP contribution in [0.2, 0.25) is 0 Å². The Bertz CT molecular complexity index is 1410. The van der Waals surface area contributed by atoms with Crippen molar-refractivity contribution in [3.8, 4) is 5.75 Å². The van der Waals surface area contributed by atoms with Crippen molar-refractivity contribution >= 4 is 40.0 Å². The number of carbonyl (C=O) groups is 4. The summed E-state index contributed by atoms with van der Waals surface area (Å²) in [6.45, 7) is 9.51. The van der Waals surface area contributed by atoms with Gasteiger partial charge in [-0.3, -0.25) is 19.2 Å². The Morgan fingerprint density at radius 1 is 0.957 bits per heavy atom. The van der Waals surface area contributed by atoms with Crippen molar-refractivity contribution in [3.05, 3.63) is 52.6 Å². The highest BCUT2D eigenvalue weighted by Crippen LogP contribution is 2.31. The number of hydrogen-bond donors (Lipinski definition) is 3. The number of anilines is 1. The van der Waals surface area contributed by atoms with Crippen molar-refractivity contribution < 1.29 is 23.9 Å². The summed E-state index contributed by atoms with van der Waals surface area (Å²) in [6, 6.07) is 4.74. The van der Waals surface area contributed by atoms with E-state index in [-0.39, 0.29) is 24.5 Å². The lowest BCUT2D eigenvalue weighted by molar-refractivity contribution is -0.135. The van der Waals surface area contributed by atoms with Crippen molar-refractivity contribution in [3.63, 3.8) is 0 Å². The SMILES string of the molecule is CCC(C)(CC)C(=O)C(CC1=CCCC1)NC(=O)C(Cc1ccc(OC)cc1)NC(=O)C(C)NC(=O)Cc1cnc(N2CCCC2)s1. The second-order valence-electron chi connectivity index (χ2n) is 13.0. The number of ether oxygens (including phenoxy) is 1. The van der Waals surface area contributed by atoms with Crippen molar-refractivity contribution in [2.24, 2.45) is 5.41 Å². The topological polar surface area (TPSA) is 130 Å². The van der Waals surface area contributed by atoms with Gasteiger partial charge in [-0.1, -0.05) is 44.6 Å². The third-order valence-electron chi connectivity index (χ3n) is 9.65. The molecule has 3 amide bonds. The smallest absolute Gasteiger partial charge is 0.243 e. The van der Waals surface area contributed by atoms with Crippen molar-refractivity contribution in [2.75, 3.05) is 25.1 Å². The Balaban J connectivity index is 1.46. The van der Waals surface area contributed by atoms with E-state index in [4.69, 9.17) is 4.74 Å². The molecule has 1 aliphatic carbocycles. The van der Waals surface area contributed by atoms with Crippen LogP contribution in [0.3, 0.4) is 0 Å². The minimum atomic E-state index is -0.970. The molecule has 0 saturated carbocycles. The van der Waals surface area contributed by atoms with Crippen molar-refractivity contribution in [1.82, 2.24) is 20.9 Å². The molecule has 1 aromatic carbocycles. The van der Waals surface area contributed by atoms with E-state index in [1.165, 1.54) is 16.9 Å². The second kappa shape index (κ2) is 16.9. The summed E-state index contributed by atoms with van der Waals surface area (Å²) in [5.41, 5.74) is 1.42. The van der Waals surface area contributed by atoms with E-state index < -0.39 is 35.4 Å². The number of aromatic nitrogens is 1. The molecule has 256 valence electrons. The number of hydrogen-bond acceptors (Lipinski definition) is 8. The van der Waals surface area contributed by atoms with E-state index in [9.17, 15) is 19.2 Å². The third kappa shape index (κ3) is 9.89. The zero-order chi connectivity index (χ0) is 34.0. The summed E-state index contributed by atoms with van der Waals surface area (Å²) in [4.78, 5) is 61.7. The minimum Gasteiger partial charge on any atom is -0.497 e. The van der Waals surface area contributed by atoms with Gasteiger partial charge in [0.05, 0.1) is 19.6 Å². The molecule has 1 aromatic heterocycles. The second-order valence-corrected chi connectivity index (χ2v) is 14.1. The zero-order valence-corrected chi connectivity index (χ0v) is 29.3. The number of rotatable bonds is 17. The van der Waals surface area contributed by atoms with Crippen LogP contribution in [0.1, 0.15) is 89.5 Å². The molecule has 0 radical (unpaired) electrons. The molecule has 3 unspecified atom stereocenters. The highest BCUT2D eigenvalue weighted by Gasteiger charge is 2.37. The van der Waals surface area contributed by atoms with Gasteiger partial charge in [0, 0.05) is 36.0 Å². The molecule has 3 atom stereocenters. The van der Waals surface area contributed by atoms with Gasteiger partial charge >= 0.3 is 0 Å². The number of thiazole rings is 1. The van der Waals surface area contributed by atoms with Gasteiger partial charge in [0.1, 0.15) is 17.8 Å². The number of Topliss-reactive ketones (excluding diaryl/α,β-unsaturated/α-hetero) is 1. The number of benzene rings is 1. The summed E-state index contributed by atoms with van der Waals surface area (Å²) in [6.07, 6.45) is 11.2. The van der Waals surface area contributed by atoms with E-state index in [0.29, 0.717) is 25.0 Å². The zero-order valence-electron chi connectivity index (χ0n) is 28.5. The molecule has 4 rings (SSSR count). The van der Waals surface area contributed by atoms with Gasteiger partial charge in [-0.15, -0.1) is 11.3 Å². The van der Waals surface area contributed by atoms with Crippen molar-refractivity contribution in [1.29, 1.82) is 0 Å². The standard InChI is InChI=1S/C36H51N5O5S/c1-6-36(4,7-2)32(43)29(20-25-12-8-9-13-25)39-34(45)30(21-26-14-16-27(46-5)17-15-26)40-33(44)24(3)38-31(42)22-28-23-37-35(47-28)41-18-10-11-19-41/h12,14-17,23-24,29-30H,6-11,13,18-22H2,1-5H3,(H,38,42)(H,39,45)(H,40,44). The molecule has 47 heavy (non-hydrogen) atoms. The van der Waals surface area contributed by atoms with E-state index in [1.54, 1.807) is 32.4 Å². The van der Waals surface area contributed by atoms with Crippen LogP contribution < -0.4 is 25.6 Å². The molecule has 3 N–H and O–H groups in total. The maximum Gasteiger partial charge on any atom is 0.243 e. The quantitative estimate of drug-likeness (QED) is 0.205. The minimum absolute atomic E-state index is 0.00904. The Kier molecular flexibility index (Phi) is 13.0. The van der Waals surface area contributed by atoms with Crippen LogP contribution in [0, 0.1) is 5.41 Å². The normalized spacial score (nSPS) is 16.6. The summed E-state index contributed by atoms with van der Waals surface area (Å²) in [5, 5.41) is 9.60. The summed E-state index contributed by atoms with van der Waals surface area (Å²) >= 11 is 1.50. The molecule has 0 spiro atoms. The number of carbonyl (C=O) groups excluding carboxylic acids is 4. The Morgan fingerprint density at radius 2 is 1.64 bits per heavy atom. The number of methoxy groups -OCH3 is 1. The fourth-order valence-electron chi connectivity index (χ4n) is 6.14. The molecule has 2 aliphatic rings. The first-order chi connectivity index (χ1) is 22.5. The molecule has 2 aromatic rings. The van der Waals surface area contributed by atoms with Crippen LogP contribution in [0.4, 0.5) is 5.13 Å². The van der Waals surface area contributed by atoms with Crippen molar-refractivity contribution in [2.45, 2.75) is 110 Å². The monoisotopic (exact) mass is 665 g/mol. The largest absolute Gasteiger partial charge is 0.497 e. The highest BCUT2D eigenvalue weighted by molar-refractivity contribution is 7.15. The molecular formula is C36H51N5O5S. The Labute approximate surface area is 283 Å². The molecule has 0 bridgehead atoms. The maximum atomic E-state index is 14.0. The van der Waals surface area contributed by atoms with Gasteiger partial charge < -0.3 is 25.6 Å². The first-order valence-corrected chi connectivity index (χ1v) is 17.8. The van der Waals surface area contributed by atoms with Gasteiger partial charge in [-0.25, -0.2) is 4.98 Å². The van der Waals surface area contributed by atoms with Gasteiger partial charge in [0.25, 0.3) is 0 Å². The average molecular weight is 666 g/mol. The lowest BCUT2D eigenvalue weighted by Gasteiger charge is -2.32. The average Bonchev–Trinajstić information content (AvgIpc) is 3.87. The number of amides is 3. The number of nitrogens with zero attached hydrogens (tertiary/aromatic N) is 2. The number of nitrogens with one attached hydrogen (secondary N) is 3. The van der Waals surface area contributed by atoms with E-state index in [0.717, 1.165) is 60.8 Å². The maximum absolute atomic E-state index is 14.0. The Morgan fingerprint density at radius 3 is 2.26 bits per heavy atom. The molecule has 2 heterocycles. The lowest BCUT2D eigenvalue weighted by Crippen LogP contribution is -2.57. The van der Waals surface area contributed by atoms with Gasteiger partial charge in [0.2, 0.25) is 17.7 Å². The molecule has 10 nitrogen and oxygen atoms in total. The van der Waals surface area contributed by atoms with E-state index in [2.05, 4.69) is 31.9 Å². The fourth-order valence-corrected chi connectivity index (χ4v) is 7.10. The Hall–Kier alpha value is -3.73. The highest BCUT2D eigenvalue weighted by atomic mass is 32.1. The van der Waals surface area contributed by atoms with Crippen LogP contribution in [0.5, 0.6) is 5.75 Å². The lowest BCUT2D eigenvalue weighted by atomic mass is 9.76. The van der Waals surface area contributed by atoms with Crippen LogP contribution in [-0.4, -0.2) is 66.8 Å². The number of ketones is 1. The summed E-state index contributed by atoms with van der Waals surface area (Å²) in [5.74, 6) is -0.526. The van der Waals surface area contributed by atoms with Gasteiger partial charge in [-0.05, 0) is 76.0 Å². The third-order valence-corrected chi connectivity index (χ3v) is 10.7. The fraction of sp³-hybridized carbons (Fsp3) is 0.583. The molecule has 11 heteroatoms. The predicted molar refractivity (Wildman–Crippen MR) is 186 cm³/mol. The summed E-state index contributed by atoms with van der Waals surface area (Å²) in [7, 11) is 1.58.